The summed E-state index contributed by atoms with van der Waals surface area (Å²) in [6.07, 6.45) is -4.87. The summed E-state index contributed by atoms with van der Waals surface area (Å²) in [4.78, 5) is 12.5. The predicted molar refractivity (Wildman–Crippen MR) is 114 cm³/mol. The number of rotatable bonds is 7. The third kappa shape index (κ3) is 6.36. The minimum atomic E-state index is -4.87. The van der Waals surface area contributed by atoms with Gasteiger partial charge in [-0.05, 0) is 54.6 Å². The summed E-state index contributed by atoms with van der Waals surface area (Å²) in [7, 11) is -4.25. The molecule has 0 radical (unpaired) electrons. The van der Waals surface area contributed by atoms with E-state index in [0.717, 1.165) is 46.8 Å². The van der Waals surface area contributed by atoms with Gasteiger partial charge in [0, 0.05) is 5.69 Å². The zero-order valence-corrected chi connectivity index (χ0v) is 18.1. The lowest BCUT2D eigenvalue weighted by molar-refractivity contribution is -0.274. The molecule has 3 rings (SSSR count). The Morgan fingerprint density at radius 3 is 2.21 bits per heavy atom. The number of nitrogens with zero attached hydrogens (tertiary/aromatic N) is 1. The number of hydrogen-bond donors (Lipinski definition) is 1. The molecular weight excluding hydrogens is 488 g/mol. The van der Waals surface area contributed by atoms with E-state index in [-0.39, 0.29) is 21.3 Å². The van der Waals surface area contributed by atoms with Crippen LogP contribution in [-0.2, 0) is 14.8 Å². The first-order chi connectivity index (χ1) is 15.5. The molecule has 0 aromatic heterocycles. The average Bonchev–Trinajstić information content (AvgIpc) is 2.75. The topological polar surface area (TPSA) is 75.7 Å². The molecule has 12 heteroatoms. The van der Waals surface area contributed by atoms with Crippen LogP contribution >= 0.6 is 11.6 Å². The lowest BCUT2D eigenvalue weighted by Gasteiger charge is -2.24. The Kier molecular flexibility index (Phi) is 7.13. The van der Waals surface area contributed by atoms with Crippen LogP contribution in [-0.4, -0.2) is 27.2 Å². The number of hydrogen-bond acceptors (Lipinski definition) is 4. The summed E-state index contributed by atoms with van der Waals surface area (Å²) in [6.45, 7) is -0.722. The standard InChI is InChI=1S/C21H15ClF4N2O4S/c22-18-12-15(8-11-19(18)23)28(33(30,31)17-4-2-1-3-5-17)13-20(29)27-14-6-9-16(10-7-14)32-21(24,25)26/h1-12H,13H2,(H,27,29). The summed E-state index contributed by atoms with van der Waals surface area (Å²) >= 11 is 5.79. The van der Waals surface area contributed by atoms with Crippen molar-refractivity contribution in [1.82, 2.24) is 0 Å². The van der Waals surface area contributed by atoms with Gasteiger partial charge in [-0.3, -0.25) is 9.10 Å². The molecule has 0 saturated carbocycles. The van der Waals surface area contributed by atoms with Gasteiger partial charge < -0.3 is 10.1 Å². The van der Waals surface area contributed by atoms with E-state index >= 15 is 0 Å². The first-order valence-corrected chi connectivity index (χ1v) is 11.0. The largest absolute Gasteiger partial charge is 0.573 e. The van der Waals surface area contributed by atoms with Crippen LogP contribution in [0.25, 0.3) is 0 Å². The lowest BCUT2D eigenvalue weighted by Crippen LogP contribution is -2.38. The molecule has 0 unspecified atom stereocenters. The Bertz CT molecular complexity index is 1240. The summed E-state index contributed by atoms with van der Waals surface area (Å²) in [6, 6.07) is 14.7. The van der Waals surface area contributed by atoms with E-state index in [2.05, 4.69) is 10.1 Å². The van der Waals surface area contributed by atoms with Crippen molar-refractivity contribution in [2.75, 3.05) is 16.2 Å². The van der Waals surface area contributed by atoms with Crippen molar-refractivity contribution in [2.45, 2.75) is 11.3 Å². The van der Waals surface area contributed by atoms with Gasteiger partial charge in [0.05, 0.1) is 15.6 Å². The van der Waals surface area contributed by atoms with Crippen LogP contribution in [0.15, 0.2) is 77.7 Å². The van der Waals surface area contributed by atoms with E-state index in [1.54, 1.807) is 6.07 Å². The predicted octanol–water partition coefficient (Wildman–Crippen LogP) is 5.21. The molecule has 0 atom stereocenters. The molecule has 174 valence electrons. The van der Waals surface area contributed by atoms with Gasteiger partial charge in [0.1, 0.15) is 18.1 Å². The average molecular weight is 503 g/mol. The van der Waals surface area contributed by atoms with Crippen LogP contribution < -0.4 is 14.4 Å². The Hall–Kier alpha value is -3.31. The Balaban J connectivity index is 1.85. The maximum atomic E-state index is 13.6. The van der Waals surface area contributed by atoms with Gasteiger partial charge in [-0.15, -0.1) is 13.2 Å². The molecule has 0 aliphatic rings. The minimum absolute atomic E-state index is 0.0608. The summed E-state index contributed by atoms with van der Waals surface area (Å²) in [5, 5.41) is 2.05. The Morgan fingerprint density at radius 1 is 1.00 bits per heavy atom. The second-order valence-corrected chi connectivity index (χ2v) is 8.81. The SMILES string of the molecule is O=C(CN(c1ccc(F)c(Cl)c1)S(=O)(=O)c1ccccc1)Nc1ccc(OC(F)(F)F)cc1. The number of ether oxygens (including phenoxy) is 1. The van der Waals surface area contributed by atoms with Crippen molar-refractivity contribution in [1.29, 1.82) is 0 Å². The summed E-state index contributed by atoms with van der Waals surface area (Å²) in [5.41, 5.74) is 0.0399. The molecule has 1 N–H and O–H groups in total. The van der Waals surface area contributed by atoms with Crippen LogP contribution in [0.4, 0.5) is 28.9 Å². The molecule has 3 aromatic rings. The van der Waals surface area contributed by atoms with Crippen molar-refractivity contribution in [2.24, 2.45) is 0 Å². The van der Waals surface area contributed by atoms with Gasteiger partial charge in [0.15, 0.2) is 0 Å². The van der Waals surface area contributed by atoms with Gasteiger partial charge in [-0.25, -0.2) is 12.8 Å². The monoisotopic (exact) mass is 502 g/mol. The summed E-state index contributed by atoms with van der Waals surface area (Å²) in [5.74, 6) is -2.07. The van der Waals surface area contributed by atoms with Crippen LogP contribution in [0.1, 0.15) is 0 Å². The van der Waals surface area contributed by atoms with E-state index in [0.29, 0.717) is 0 Å². The van der Waals surface area contributed by atoms with Crippen LogP contribution in [0.2, 0.25) is 5.02 Å². The minimum Gasteiger partial charge on any atom is -0.406 e. The van der Waals surface area contributed by atoms with E-state index in [1.807, 2.05) is 0 Å². The smallest absolute Gasteiger partial charge is 0.406 e. The van der Waals surface area contributed by atoms with Crippen molar-refractivity contribution in [3.63, 3.8) is 0 Å². The Morgan fingerprint density at radius 2 is 1.64 bits per heavy atom. The number of carbonyl (C=O) groups is 1. The second-order valence-electron chi connectivity index (χ2n) is 6.54. The molecule has 0 spiro atoms. The molecule has 0 aliphatic heterocycles. The molecule has 0 fully saturated rings. The number of anilines is 2. The molecule has 1 amide bonds. The first kappa shape index (κ1) is 24.3. The number of sulfonamides is 1. The van der Waals surface area contributed by atoms with Gasteiger partial charge in [0.2, 0.25) is 5.91 Å². The van der Waals surface area contributed by atoms with Crippen molar-refractivity contribution in [3.8, 4) is 5.75 Å². The highest BCUT2D eigenvalue weighted by molar-refractivity contribution is 7.92. The normalized spacial score (nSPS) is 11.7. The van der Waals surface area contributed by atoms with Crippen molar-refractivity contribution < 1.29 is 35.5 Å². The van der Waals surface area contributed by atoms with Crippen molar-refractivity contribution in [3.05, 3.63) is 83.6 Å². The lowest BCUT2D eigenvalue weighted by atomic mass is 10.3. The molecule has 0 bridgehead atoms. The molecule has 0 heterocycles. The van der Waals surface area contributed by atoms with E-state index < -0.39 is 40.4 Å². The highest BCUT2D eigenvalue weighted by Crippen LogP contribution is 2.28. The quantitative estimate of drug-likeness (QED) is 0.450. The molecule has 33 heavy (non-hydrogen) atoms. The fourth-order valence-electron chi connectivity index (χ4n) is 2.75. The number of amides is 1. The van der Waals surface area contributed by atoms with E-state index in [9.17, 15) is 30.8 Å². The molecule has 0 aliphatic carbocycles. The zero-order chi connectivity index (χ0) is 24.2. The summed E-state index contributed by atoms with van der Waals surface area (Å²) < 4.78 is 81.3. The van der Waals surface area contributed by atoms with Gasteiger partial charge >= 0.3 is 6.36 Å². The number of alkyl halides is 3. The molecule has 0 saturated heterocycles. The van der Waals surface area contributed by atoms with Crippen molar-refractivity contribution >= 4 is 38.9 Å². The zero-order valence-electron chi connectivity index (χ0n) is 16.5. The third-order valence-corrected chi connectivity index (χ3v) is 6.26. The van der Waals surface area contributed by atoms with Crippen LogP contribution in [0.5, 0.6) is 5.75 Å². The Labute approximate surface area is 191 Å². The third-order valence-electron chi connectivity index (χ3n) is 4.18. The second kappa shape index (κ2) is 9.67. The van der Waals surface area contributed by atoms with E-state index in [4.69, 9.17) is 11.6 Å². The maximum Gasteiger partial charge on any atom is 0.573 e. The van der Waals surface area contributed by atoms with Gasteiger partial charge in [-0.1, -0.05) is 29.8 Å². The molecule has 3 aromatic carbocycles. The maximum absolute atomic E-state index is 13.6. The fourth-order valence-corrected chi connectivity index (χ4v) is 4.35. The number of benzene rings is 3. The van der Waals surface area contributed by atoms with Crippen LogP contribution in [0, 0.1) is 5.82 Å². The van der Waals surface area contributed by atoms with Gasteiger partial charge in [-0.2, -0.15) is 0 Å². The van der Waals surface area contributed by atoms with E-state index in [1.165, 1.54) is 24.3 Å². The highest BCUT2D eigenvalue weighted by atomic mass is 35.5. The number of halogens is 5. The van der Waals surface area contributed by atoms with Crippen LogP contribution in [0.3, 0.4) is 0 Å². The molecular formula is C21H15ClF4N2O4S. The number of nitrogens with one attached hydrogen (secondary N) is 1. The van der Waals surface area contributed by atoms with Gasteiger partial charge in [0.25, 0.3) is 10.0 Å². The number of carbonyl (C=O) groups excluding carboxylic acids is 1. The molecule has 6 nitrogen and oxygen atoms in total. The fraction of sp³-hybridized carbons (Fsp3) is 0.0952. The first-order valence-electron chi connectivity index (χ1n) is 9.14. The highest BCUT2D eigenvalue weighted by Gasteiger charge is 2.31.